The zero-order valence-electron chi connectivity index (χ0n) is 13.8. The van der Waals surface area contributed by atoms with E-state index in [4.69, 9.17) is 4.74 Å². The first-order valence-electron chi connectivity index (χ1n) is 8.18. The molecule has 1 N–H and O–H groups in total. The van der Waals surface area contributed by atoms with Crippen molar-refractivity contribution in [2.75, 3.05) is 19.8 Å². The van der Waals surface area contributed by atoms with Crippen LogP contribution in [0.1, 0.15) is 18.4 Å². The molecular formula is C18H22N2O4. The minimum absolute atomic E-state index is 0.0580. The van der Waals surface area contributed by atoms with Crippen LogP contribution in [0.25, 0.3) is 10.9 Å². The molecular weight excluding hydrogens is 308 g/mol. The summed E-state index contributed by atoms with van der Waals surface area (Å²) in [5.74, 6) is -1.12. The lowest BCUT2D eigenvalue weighted by molar-refractivity contribution is -0.147. The molecule has 1 saturated heterocycles. The molecule has 6 nitrogen and oxygen atoms in total. The predicted octanol–water partition coefficient (Wildman–Crippen LogP) is 1.81. The number of ether oxygens (including phenoxy) is 1. The summed E-state index contributed by atoms with van der Waals surface area (Å²) in [6.45, 7) is 0.888. The molecule has 0 spiro atoms. The lowest BCUT2D eigenvalue weighted by Crippen LogP contribution is -2.46. The number of carbonyl (C=O) groups is 2. The highest BCUT2D eigenvalue weighted by atomic mass is 16.5. The lowest BCUT2D eigenvalue weighted by Gasteiger charge is -2.33. The van der Waals surface area contributed by atoms with Gasteiger partial charge in [0.05, 0.1) is 6.42 Å². The zero-order chi connectivity index (χ0) is 17.1. The van der Waals surface area contributed by atoms with Crippen LogP contribution in [0.15, 0.2) is 30.5 Å². The van der Waals surface area contributed by atoms with E-state index in [1.54, 1.807) is 0 Å². The Morgan fingerprint density at radius 1 is 1.29 bits per heavy atom. The van der Waals surface area contributed by atoms with Gasteiger partial charge in [0.15, 0.2) is 0 Å². The van der Waals surface area contributed by atoms with Gasteiger partial charge in [-0.15, -0.1) is 0 Å². The number of carboxylic acids is 1. The SMILES string of the molecule is Cn1cc(CC(=O)N(CC(=O)O)C2CCOCC2)c2ccccc21. The molecule has 0 aliphatic carbocycles. The number of fused-ring (bicyclic) bond motifs is 1. The molecule has 2 aromatic rings. The van der Waals surface area contributed by atoms with Crippen LogP contribution in [-0.2, 0) is 27.8 Å². The third-order valence-corrected chi connectivity index (χ3v) is 4.58. The van der Waals surface area contributed by atoms with Crippen LogP contribution >= 0.6 is 0 Å². The maximum Gasteiger partial charge on any atom is 0.323 e. The van der Waals surface area contributed by atoms with Crippen molar-refractivity contribution in [2.45, 2.75) is 25.3 Å². The summed E-state index contributed by atoms with van der Waals surface area (Å²) in [5, 5.41) is 10.2. The molecule has 1 aliphatic rings. The average Bonchev–Trinajstić information content (AvgIpc) is 2.89. The molecule has 0 radical (unpaired) electrons. The second kappa shape index (κ2) is 7.05. The normalized spacial score (nSPS) is 15.5. The first-order chi connectivity index (χ1) is 11.6. The van der Waals surface area contributed by atoms with Gasteiger partial charge < -0.3 is 19.3 Å². The Bertz CT molecular complexity index is 747. The number of hydrogen-bond donors (Lipinski definition) is 1. The van der Waals surface area contributed by atoms with Gasteiger partial charge in [0, 0.05) is 43.4 Å². The Balaban J connectivity index is 1.82. The minimum atomic E-state index is -0.979. The van der Waals surface area contributed by atoms with Crippen LogP contribution in [0.4, 0.5) is 0 Å². The third-order valence-electron chi connectivity index (χ3n) is 4.58. The van der Waals surface area contributed by atoms with E-state index in [0.29, 0.717) is 26.1 Å². The molecule has 0 bridgehead atoms. The smallest absolute Gasteiger partial charge is 0.323 e. The van der Waals surface area contributed by atoms with Gasteiger partial charge in [-0.05, 0) is 24.5 Å². The molecule has 3 rings (SSSR count). The molecule has 128 valence electrons. The lowest BCUT2D eigenvalue weighted by atomic mass is 10.0. The maximum absolute atomic E-state index is 12.8. The van der Waals surface area contributed by atoms with E-state index in [0.717, 1.165) is 16.5 Å². The van der Waals surface area contributed by atoms with Gasteiger partial charge in [-0.3, -0.25) is 9.59 Å². The summed E-state index contributed by atoms with van der Waals surface area (Å²) < 4.78 is 7.32. The van der Waals surface area contributed by atoms with Crippen molar-refractivity contribution in [2.24, 2.45) is 7.05 Å². The van der Waals surface area contributed by atoms with Crippen LogP contribution in [0.5, 0.6) is 0 Å². The average molecular weight is 330 g/mol. The van der Waals surface area contributed by atoms with Gasteiger partial charge in [0.25, 0.3) is 0 Å². The number of carboxylic acid groups (broad SMARTS) is 1. The number of hydrogen-bond acceptors (Lipinski definition) is 3. The van der Waals surface area contributed by atoms with Crippen molar-refractivity contribution in [3.63, 3.8) is 0 Å². The van der Waals surface area contributed by atoms with Gasteiger partial charge in [-0.1, -0.05) is 18.2 Å². The Morgan fingerprint density at radius 3 is 2.71 bits per heavy atom. The number of para-hydroxylation sites is 1. The molecule has 24 heavy (non-hydrogen) atoms. The number of aromatic nitrogens is 1. The van der Waals surface area contributed by atoms with Crippen LogP contribution < -0.4 is 0 Å². The summed E-state index contributed by atoms with van der Waals surface area (Å²) >= 11 is 0. The fraction of sp³-hybridized carbons (Fsp3) is 0.444. The molecule has 1 aliphatic heterocycles. The molecule has 1 amide bonds. The number of nitrogens with zero attached hydrogens (tertiary/aromatic N) is 2. The van der Waals surface area contributed by atoms with Crippen molar-refractivity contribution in [1.29, 1.82) is 0 Å². The van der Waals surface area contributed by atoms with Crippen molar-refractivity contribution in [3.8, 4) is 0 Å². The van der Waals surface area contributed by atoms with Crippen molar-refractivity contribution >= 4 is 22.8 Å². The highest BCUT2D eigenvalue weighted by Gasteiger charge is 2.28. The van der Waals surface area contributed by atoms with Gasteiger partial charge in [0.1, 0.15) is 6.54 Å². The van der Waals surface area contributed by atoms with E-state index in [-0.39, 0.29) is 24.9 Å². The molecule has 2 heterocycles. The summed E-state index contributed by atoms with van der Waals surface area (Å²) in [6.07, 6.45) is 3.54. The second-order valence-electron chi connectivity index (χ2n) is 6.22. The monoisotopic (exact) mass is 330 g/mol. The first-order valence-corrected chi connectivity index (χ1v) is 8.18. The van der Waals surface area contributed by atoms with Crippen LogP contribution in [0, 0.1) is 0 Å². The van der Waals surface area contributed by atoms with E-state index in [1.807, 2.05) is 42.1 Å². The quantitative estimate of drug-likeness (QED) is 0.907. The summed E-state index contributed by atoms with van der Waals surface area (Å²) in [4.78, 5) is 25.5. The summed E-state index contributed by atoms with van der Waals surface area (Å²) in [7, 11) is 1.95. The van der Waals surface area contributed by atoms with Gasteiger partial charge in [-0.2, -0.15) is 0 Å². The zero-order valence-corrected chi connectivity index (χ0v) is 13.8. The fourth-order valence-corrected chi connectivity index (χ4v) is 3.39. The largest absolute Gasteiger partial charge is 0.480 e. The van der Waals surface area contributed by atoms with Crippen molar-refractivity contribution in [1.82, 2.24) is 9.47 Å². The van der Waals surface area contributed by atoms with E-state index < -0.39 is 5.97 Å². The predicted molar refractivity (Wildman–Crippen MR) is 89.8 cm³/mol. The van der Waals surface area contributed by atoms with Gasteiger partial charge in [0.2, 0.25) is 5.91 Å². The van der Waals surface area contributed by atoms with E-state index in [9.17, 15) is 14.7 Å². The number of rotatable bonds is 5. The molecule has 1 fully saturated rings. The maximum atomic E-state index is 12.8. The summed E-state index contributed by atoms with van der Waals surface area (Å²) in [5.41, 5.74) is 2.00. The van der Waals surface area contributed by atoms with Crippen molar-refractivity contribution < 1.29 is 19.4 Å². The van der Waals surface area contributed by atoms with E-state index in [2.05, 4.69) is 0 Å². The Labute approximate surface area is 140 Å². The Morgan fingerprint density at radius 2 is 2.00 bits per heavy atom. The highest BCUT2D eigenvalue weighted by molar-refractivity contribution is 5.90. The minimum Gasteiger partial charge on any atom is -0.480 e. The van der Waals surface area contributed by atoms with Gasteiger partial charge in [-0.25, -0.2) is 0 Å². The van der Waals surface area contributed by atoms with Crippen molar-refractivity contribution in [3.05, 3.63) is 36.0 Å². The number of carbonyl (C=O) groups excluding carboxylic acids is 1. The standard InChI is InChI=1S/C18H22N2O4/c1-19-11-13(15-4-2-3-5-16(15)19)10-17(21)20(12-18(22)23)14-6-8-24-9-7-14/h2-5,11,14H,6-10,12H2,1H3,(H,22,23). The molecule has 0 saturated carbocycles. The topological polar surface area (TPSA) is 71.8 Å². The first kappa shape index (κ1) is 16.5. The van der Waals surface area contributed by atoms with Crippen LogP contribution in [-0.4, -0.2) is 52.3 Å². The Hall–Kier alpha value is -2.34. The van der Waals surface area contributed by atoms with E-state index >= 15 is 0 Å². The molecule has 6 heteroatoms. The number of benzene rings is 1. The number of aryl methyl sites for hydroxylation is 1. The molecule has 1 aromatic heterocycles. The molecule has 1 aromatic carbocycles. The van der Waals surface area contributed by atoms with Crippen LogP contribution in [0.2, 0.25) is 0 Å². The highest BCUT2D eigenvalue weighted by Crippen LogP contribution is 2.22. The van der Waals surface area contributed by atoms with Crippen LogP contribution in [0.3, 0.4) is 0 Å². The second-order valence-corrected chi connectivity index (χ2v) is 6.22. The number of amides is 1. The van der Waals surface area contributed by atoms with E-state index in [1.165, 1.54) is 4.90 Å². The summed E-state index contributed by atoms with van der Waals surface area (Å²) in [6, 6.07) is 7.86. The molecule has 0 atom stereocenters. The molecule has 0 unspecified atom stereocenters. The Kier molecular flexibility index (Phi) is 4.85. The third kappa shape index (κ3) is 3.43. The fourth-order valence-electron chi connectivity index (χ4n) is 3.39. The van der Waals surface area contributed by atoms with Gasteiger partial charge >= 0.3 is 5.97 Å². The number of aliphatic carboxylic acids is 1.